The first-order valence-corrected chi connectivity index (χ1v) is 6.61. The lowest BCUT2D eigenvalue weighted by atomic mass is 9.99. The number of rotatable bonds is 5. The first-order valence-electron chi connectivity index (χ1n) is 6.61. The van der Waals surface area contributed by atoms with Gasteiger partial charge >= 0.3 is 0 Å². The van der Waals surface area contributed by atoms with E-state index in [-0.39, 0.29) is 0 Å². The number of methoxy groups -OCH3 is 4. The molecule has 0 amide bonds. The second kappa shape index (κ2) is 6.39. The lowest BCUT2D eigenvalue weighted by molar-refractivity contribution is 0.327. The fraction of sp³-hybridized carbons (Fsp3) is 0.294. The molecule has 112 valence electrons. The summed E-state index contributed by atoms with van der Waals surface area (Å²) in [6, 6.07) is 9.88. The maximum atomic E-state index is 5.58. The van der Waals surface area contributed by atoms with E-state index < -0.39 is 0 Å². The Morgan fingerprint density at radius 3 is 1.43 bits per heavy atom. The van der Waals surface area contributed by atoms with E-state index in [2.05, 4.69) is 0 Å². The first-order chi connectivity index (χ1) is 10.2. The van der Waals surface area contributed by atoms with E-state index in [1.807, 2.05) is 37.3 Å². The summed E-state index contributed by atoms with van der Waals surface area (Å²) in [4.78, 5) is 0. The zero-order chi connectivity index (χ0) is 15.4. The van der Waals surface area contributed by atoms with Gasteiger partial charge in [-0.1, -0.05) is 30.3 Å². The number of hydrogen-bond donors (Lipinski definition) is 0. The van der Waals surface area contributed by atoms with Gasteiger partial charge in [0, 0.05) is 5.56 Å². The van der Waals surface area contributed by atoms with Crippen LogP contribution in [-0.2, 0) is 0 Å². The average molecular weight is 288 g/mol. The van der Waals surface area contributed by atoms with E-state index in [1.54, 1.807) is 28.4 Å². The van der Waals surface area contributed by atoms with Crippen LogP contribution >= 0.6 is 0 Å². The zero-order valence-electron chi connectivity index (χ0n) is 13.0. The third-order valence-corrected chi connectivity index (χ3v) is 3.43. The smallest absolute Gasteiger partial charge is 0.172 e. The van der Waals surface area contributed by atoms with Gasteiger partial charge in [-0.05, 0) is 12.5 Å². The molecule has 0 bridgehead atoms. The minimum Gasteiger partial charge on any atom is -0.492 e. The highest BCUT2D eigenvalue weighted by Gasteiger charge is 2.25. The summed E-state index contributed by atoms with van der Waals surface area (Å²) in [6.45, 7) is 1.91. The van der Waals surface area contributed by atoms with Crippen LogP contribution in [0.2, 0.25) is 0 Å². The molecule has 0 spiro atoms. The van der Waals surface area contributed by atoms with Crippen molar-refractivity contribution >= 4 is 0 Å². The van der Waals surface area contributed by atoms with E-state index in [0.29, 0.717) is 23.0 Å². The third-order valence-electron chi connectivity index (χ3n) is 3.43. The van der Waals surface area contributed by atoms with Gasteiger partial charge in [0.05, 0.1) is 34.0 Å². The maximum Gasteiger partial charge on any atom is 0.172 e. The molecule has 21 heavy (non-hydrogen) atoms. The quantitative estimate of drug-likeness (QED) is 0.840. The largest absolute Gasteiger partial charge is 0.492 e. The molecule has 0 N–H and O–H groups in total. The van der Waals surface area contributed by atoms with E-state index in [0.717, 1.165) is 16.7 Å². The molecule has 0 aliphatic carbocycles. The Kier molecular flexibility index (Phi) is 4.58. The molecule has 2 aromatic carbocycles. The molecule has 0 aliphatic heterocycles. The van der Waals surface area contributed by atoms with Crippen LogP contribution in [0.4, 0.5) is 0 Å². The van der Waals surface area contributed by atoms with Crippen LogP contribution in [0.3, 0.4) is 0 Å². The van der Waals surface area contributed by atoms with Crippen LogP contribution in [0.1, 0.15) is 5.56 Å². The second-order valence-corrected chi connectivity index (χ2v) is 4.50. The molecule has 0 radical (unpaired) electrons. The molecular formula is C17H20O4. The van der Waals surface area contributed by atoms with Crippen LogP contribution < -0.4 is 18.9 Å². The van der Waals surface area contributed by atoms with Crippen LogP contribution in [0.5, 0.6) is 23.0 Å². The summed E-state index contributed by atoms with van der Waals surface area (Å²) in [6.07, 6.45) is 0. The van der Waals surface area contributed by atoms with Crippen molar-refractivity contribution in [2.75, 3.05) is 28.4 Å². The number of benzene rings is 2. The Balaban J connectivity index is 2.89. The van der Waals surface area contributed by atoms with Gasteiger partial charge in [0.15, 0.2) is 23.0 Å². The van der Waals surface area contributed by atoms with Crippen molar-refractivity contribution < 1.29 is 18.9 Å². The molecule has 0 heterocycles. The summed E-state index contributed by atoms with van der Waals surface area (Å²) >= 11 is 0. The second-order valence-electron chi connectivity index (χ2n) is 4.50. The number of hydrogen-bond acceptors (Lipinski definition) is 4. The highest BCUT2D eigenvalue weighted by Crippen LogP contribution is 2.52. The molecule has 2 rings (SSSR count). The predicted octanol–water partition coefficient (Wildman–Crippen LogP) is 3.70. The fourth-order valence-electron chi connectivity index (χ4n) is 2.52. The summed E-state index contributed by atoms with van der Waals surface area (Å²) < 4.78 is 22.2. The summed E-state index contributed by atoms with van der Waals surface area (Å²) in [7, 11) is 6.47. The molecule has 4 nitrogen and oxygen atoms in total. The Morgan fingerprint density at radius 2 is 1.05 bits per heavy atom. The standard InChI is InChI=1S/C17H20O4/c1-11-14(18-2)16(20-4)13(12-9-7-6-8-10-12)17(21-5)15(11)19-3/h6-10H,1-5H3. The SMILES string of the molecule is COc1c(C)c(OC)c(OC)c(-c2ccccc2)c1OC. The van der Waals surface area contributed by atoms with Crippen molar-refractivity contribution in [1.29, 1.82) is 0 Å². The van der Waals surface area contributed by atoms with Crippen LogP contribution in [0.25, 0.3) is 11.1 Å². The highest BCUT2D eigenvalue weighted by atomic mass is 16.5. The number of ether oxygens (including phenoxy) is 4. The molecule has 0 fully saturated rings. The Labute approximate surface area is 125 Å². The Morgan fingerprint density at radius 1 is 0.619 bits per heavy atom. The molecule has 2 aromatic rings. The minimum absolute atomic E-state index is 0.638. The van der Waals surface area contributed by atoms with E-state index in [9.17, 15) is 0 Å². The summed E-state index contributed by atoms with van der Waals surface area (Å²) in [5, 5.41) is 0. The van der Waals surface area contributed by atoms with Gasteiger partial charge in [-0.25, -0.2) is 0 Å². The topological polar surface area (TPSA) is 36.9 Å². The van der Waals surface area contributed by atoms with Gasteiger partial charge in [0.1, 0.15) is 0 Å². The van der Waals surface area contributed by atoms with Gasteiger partial charge in [-0.2, -0.15) is 0 Å². The van der Waals surface area contributed by atoms with Crippen molar-refractivity contribution in [3.8, 4) is 34.1 Å². The normalized spacial score (nSPS) is 10.1. The minimum atomic E-state index is 0.638. The summed E-state index contributed by atoms with van der Waals surface area (Å²) in [5.74, 6) is 2.57. The van der Waals surface area contributed by atoms with Crippen molar-refractivity contribution in [3.63, 3.8) is 0 Å². The Bertz CT molecular complexity index is 587. The summed E-state index contributed by atoms with van der Waals surface area (Å²) in [5.41, 5.74) is 2.64. The van der Waals surface area contributed by atoms with Crippen LogP contribution in [-0.4, -0.2) is 28.4 Å². The maximum absolute atomic E-state index is 5.58. The highest BCUT2D eigenvalue weighted by molar-refractivity contribution is 5.84. The van der Waals surface area contributed by atoms with Crippen molar-refractivity contribution in [3.05, 3.63) is 35.9 Å². The molecule has 0 aromatic heterocycles. The molecule has 4 heteroatoms. The average Bonchev–Trinajstić information content (AvgIpc) is 2.54. The zero-order valence-corrected chi connectivity index (χ0v) is 13.0. The molecular weight excluding hydrogens is 268 g/mol. The lowest BCUT2D eigenvalue weighted by Gasteiger charge is -2.21. The predicted molar refractivity (Wildman–Crippen MR) is 82.8 cm³/mol. The van der Waals surface area contributed by atoms with Crippen molar-refractivity contribution in [1.82, 2.24) is 0 Å². The van der Waals surface area contributed by atoms with E-state index in [1.165, 1.54) is 0 Å². The monoisotopic (exact) mass is 288 g/mol. The van der Waals surface area contributed by atoms with Crippen LogP contribution in [0, 0.1) is 6.92 Å². The van der Waals surface area contributed by atoms with Gasteiger partial charge in [-0.3, -0.25) is 0 Å². The van der Waals surface area contributed by atoms with Crippen molar-refractivity contribution in [2.45, 2.75) is 6.92 Å². The molecule has 0 saturated carbocycles. The van der Waals surface area contributed by atoms with Gasteiger partial charge in [-0.15, -0.1) is 0 Å². The first kappa shape index (κ1) is 15.0. The van der Waals surface area contributed by atoms with Gasteiger partial charge in [0.25, 0.3) is 0 Å². The van der Waals surface area contributed by atoms with Gasteiger partial charge < -0.3 is 18.9 Å². The third kappa shape index (κ3) is 2.49. The molecule has 0 aliphatic rings. The van der Waals surface area contributed by atoms with E-state index >= 15 is 0 Å². The Hall–Kier alpha value is -2.36. The fourth-order valence-corrected chi connectivity index (χ4v) is 2.52. The van der Waals surface area contributed by atoms with Crippen molar-refractivity contribution in [2.24, 2.45) is 0 Å². The van der Waals surface area contributed by atoms with Gasteiger partial charge in [0.2, 0.25) is 0 Å². The molecule has 0 unspecified atom stereocenters. The van der Waals surface area contributed by atoms with E-state index in [4.69, 9.17) is 18.9 Å². The lowest BCUT2D eigenvalue weighted by Crippen LogP contribution is -2.02. The molecule has 0 saturated heterocycles. The van der Waals surface area contributed by atoms with Crippen LogP contribution in [0.15, 0.2) is 30.3 Å². The molecule has 0 atom stereocenters.